The van der Waals surface area contributed by atoms with Crippen molar-refractivity contribution in [3.05, 3.63) is 100 Å². The maximum absolute atomic E-state index is 14.4. The number of hydrogen-bond donors (Lipinski definition) is 1. The Morgan fingerprint density at radius 2 is 1.60 bits per heavy atom. The van der Waals surface area contributed by atoms with E-state index in [9.17, 15) is 18.4 Å². The van der Waals surface area contributed by atoms with Gasteiger partial charge in [-0.3, -0.25) is 9.59 Å². The fourth-order valence-corrected chi connectivity index (χ4v) is 3.42. The molecule has 4 rings (SSSR count). The Bertz CT molecular complexity index is 1210. The standard InChI is InChI=1S/C23H15ClF2N2O2/c1-13-6-9-15(24)12-18(13)27-21-20(14-7-10-16(25)11-8-14)22(29)28(23(21)30)19-5-3-2-4-17(19)26/h2-12,27H,1H3. The number of halogens is 3. The van der Waals surface area contributed by atoms with Gasteiger partial charge in [0.05, 0.1) is 11.3 Å². The number of carbonyl (C=O) groups excluding carboxylic acids is 2. The van der Waals surface area contributed by atoms with Crippen LogP contribution in [-0.4, -0.2) is 11.8 Å². The molecule has 7 heteroatoms. The molecule has 0 unspecified atom stereocenters. The monoisotopic (exact) mass is 424 g/mol. The van der Waals surface area contributed by atoms with Gasteiger partial charge in [-0.2, -0.15) is 0 Å². The molecule has 0 aliphatic carbocycles. The van der Waals surface area contributed by atoms with E-state index in [0.717, 1.165) is 10.5 Å². The van der Waals surface area contributed by atoms with Crippen molar-refractivity contribution in [2.45, 2.75) is 6.92 Å². The molecule has 0 bridgehead atoms. The van der Waals surface area contributed by atoms with Crippen molar-refractivity contribution in [3.63, 3.8) is 0 Å². The van der Waals surface area contributed by atoms with Gasteiger partial charge in [-0.25, -0.2) is 13.7 Å². The zero-order chi connectivity index (χ0) is 21.4. The Labute approximate surface area is 176 Å². The fourth-order valence-electron chi connectivity index (χ4n) is 3.25. The summed E-state index contributed by atoms with van der Waals surface area (Å²) in [6.07, 6.45) is 0. The minimum atomic E-state index is -0.719. The third-order valence-electron chi connectivity index (χ3n) is 4.77. The molecule has 1 N–H and O–H groups in total. The molecule has 0 radical (unpaired) electrons. The van der Waals surface area contributed by atoms with Crippen LogP contribution in [0.15, 0.2) is 72.4 Å². The van der Waals surface area contributed by atoms with Crippen LogP contribution in [0.4, 0.5) is 20.2 Å². The van der Waals surface area contributed by atoms with Gasteiger partial charge in [0.2, 0.25) is 0 Å². The normalized spacial score (nSPS) is 13.9. The number of rotatable bonds is 4. The second-order valence-electron chi connectivity index (χ2n) is 6.74. The van der Waals surface area contributed by atoms with E-state index < -0.39 is 23.4 Å². The summed E-state index contributed by atoms with van der Waals surface area (Å²) in [6, 6.07) is 15.8. The molecule has 0 fully saturated rings. The lowest BCUT2D eigenvalue weighted by Crippen LogP contribution is -2.33. The van der Waals surface area contributed by atoms with Crippen LogP contribution in [0.2, 0.25) is 5.02 Å². The van der Waals surface area contributed by atoms with E-state index in [4.69, 9.17) is 11.6 Å². The summed E-state index contributed by atoms with van der Waals surface area (Å²) in [4.78, 5) is 27.2. The first-order chi connectivity index (χ1) is 14.4. The van der Waals surface area contributed by atoms with Gasteiger partial charge in [-0.05, 0) is 54.4 Å². The topological polar surface area (TPSA) is 49.4 Å². The molecule has 3 aromatic rings. The van der Waals surface area contributed by atoms with Crippen molar-refractivity contribution < 1.29 is 18.4 Å². The van der Waals surface area contributed by atoms with Crippen LogP contribution in [0.1, 0.15) is 11.1 Å². The van der Waals surface area contributed by atoms with Crippen LogP contribution < -0.4 is 10.2 Å². The van der Waals surface area contributed by atoms with Crippen LogP contribution >= 0.6 is 11.6 Å². The number of imide groups is 1. The highest BCUT2D eigenvalue weighted by Gasteiger charge is 2.41. The summed E-state index contributed by atoms with van der Waals surface area (Å²) in [5.74, 6) is -2.62. The van der Waals surface area contributed by atoms with Crippen molar-refractivity contribution in [1.82, 2.24) is 0 Å². The van der Waals surface area contributed by atoms with Gasteiger partial charge in [0, 0.05) is 10.7 Å². The minimum absolute atomic E-state index is 0.0163. The third-order valence-corrected chi connectivity index (χ3v) is 5.00. The van der Waals surface area contributed by atoms with Crippen molar-refractivity contribution in [2.24, 2.45) is 0 Å². The van der Waals surface area contributed by atoms with Crippen LogP contribution in [0.3, 0.4) is 0 Å². The largest absolute Gasteiger partial charge is 0.350 e. The Balaban J connectivity index is 1.87. The summed E-state index contributed by atoms with van der Waals surface area (Å²) in [6.45, 7) is 1.81. The molecule has 4 nitrogen and oxygen atoms in total. The van der Waals surface area contributed by atoms with Gasteiger partial charge in [-0.1, -0.05) is 41.9 Å². The van der Waals surface area contributed by atoms with Crippen molar-refractivity contribution >= 4 is 40.4 Å². The van der Waals surface area contributed by atoms with Crippen LogP contribution in [0.5, 0.6) is 0 Å². The van der Waals surface area contributed by atoms with Crippen molar-refractivity contribution in [3.8, 4) is 0 Å². The first-order valence-corrected chi connectivity index (χ1v) is 9.41. The number of amides is 2. The van der Waals surface area contributed by atoms with Gasteiger partial charge in [0.1, 0.15) is 17.3 Å². The van der Waals surface area contributed by atoms with E-state index in [-0.39, 0.29) is 17.0 Å². The number of para-hydroxylation sites is 1. The van der Waals surface area contributed by atoms with E-state index in [0.29, 0.717) is 16.3 Å². The second kappa shape index (κ2) is 7.72. The van der Waals surface area contributed by atoms with Gasteiger partial charge in [0.25, 0.3) is 11.8 Å². The molecule has 0 atom stereocenters. The molecular formula is C23H15ClF2N2O2. The lowest BCUT2D eigenvalue weighted by Gasteiger charge is -2.16. The van der Waals surface area contributed by atoms with Gasteiger partial charge < -0.3 is 5.32 Å². The number of nitrogens with zero attached hydrogens (tertiary/aromatic N) is 1. The average molecular weight is 425 g/mol. The van der Waals surface area contributed by atoms with Crippen molar-refractivity contribution in [1.29, 1.82) is 0 Å². The molecule has 150 valence electrons. The number of carbonyl (C=O) groups is 2. The SMILES string of the molecule is Cc1ccc(Cl)cc1NC1=C(c2ccc(F)cc2)C(=O)N(c2ccccc2F)C1=O. The molecular weight excluding hydrogens is 410 g/mol. The smallest absolute Gasteiger partial charge is 0.282 e. The van der Waals surface area contributed by atoms with E-state index in [1.165, 1.54) is 48.5 Å². The summed E-state index contributed by atoms with van der Waals surface area (Å²) in [5, 5.41) is 3.42. The van der Waals surface area contributed by atoms with E-state index in [1.54, 1.807) is 18.2 Å². The number of benzene rings is 3. The van der Waals surface area contributed by atoms with Crippen molar-refractivity contribution in [2.75, 3.05) is 10.2 Å². The van der Waals surface area contributed by atoms with Gasteiger partial charge in [-0.15, -0.1) is 0 Å². The zero-order valence-electron chi connectivity index (χ0n) is 15.7. The molecule has 1 heterocycles. The van der Waals surface area contributed by atoms with E-state index >= 15 is 0 Å². The quantitative estimate of drug-likeness (QED) is 0.576. The summed E-state index contributed by atoms with van der Waals surface area (Å²) in [5.41, 5.74) is 1.45. The molecule has 2 amide bonds. The third kappa shape index (κ3) is 3.46. The first kappa shape index (κ1) is 19.8. The highest BCUT2D eigenvalue weighted by molar-refractivity contribution is 6.46. The number of anilines is 2. The fraction of sp³-hybridized carbons (Fsp3) is 0.0435. The molecule has 0 saturated heterocycles. The Morgan fingerprint density at radius 1 is 0.900 bits per heavy atom. The average Bonchev–Trinajstić information content (AvgIpc) is 2.96. The molecule has 30 heavy (non-hydrogen) atoms. The Morgan fingerprint density at radius 3 is 2.30 bits per heavy atom. The summed E-state index contributed by atoms with van der Waals surface area (Å²) < 4.78 is 27.8. The predicted octanol–water partition coefficient (Wildman–Crippen LogP) is 5.32. The number of aryl methyl sites for hydroxylation is 1. The highest BCUT2D eigenvalue weighted by Crippen LogP contribution is 2.35. The lowest BCUT2D eigenvalue weighted by atomic mass is 10.0. The van der Waals surface area contributed by atoms with Crippen LogP contribution in [0, 0.1) is 18.6 Å². The molecule has 3 aromatic carbocycles. The lowest BCUT2D eigenvalue weighted by molar-refractivity contribution is -0.120. The molecule has 0 aromatic heterocycles. The van der Waals surface area contributed by atoms with Crippen LogP contribution in [0.25, 0.3) is 5.57 Å². The maximum Gasteiger partial charge on any atom is 0.282 e. The highest BCUT2D eigenvalue weighted by atomic mass is 35.5. The van der Waals surface area contributed by atoms with E-state index in [1.807, 2.05) is 6.92 Å². The molecule has 1 aliphatic rings. The second-order valence-corrected chi connectivity index (χ2v) is 7.17. The van der Waals surface area contributed by atoms with Gasteiger partial charge >= 0.3 is 0 Å². The minimum Gasteiger partial charge on any atom is -0.350 e. The number of hydrogen-bond acceptors (Lipinski definition) is 3. The first-order valence-electron chi connectivity index (χ1n) is 9.03. The Hall–Kier alpha value is -3.51. The molecule has 0 spiro atoms. The maximum atomic E-state index is 14.4. The van der Waals surface area contributed by atoms with Crippen LogP contribution in [-0.2, 0) is 9.59 Å². The Kier molecular flexibility index (Phi) is 5.10. The number of nitrogens with one attached hydrogen (secondary N) is 1. The molecule has 1 aliphatic heterocycles. The summed E-state index contributed by atoms with van der Waals surface area (Å²) >= 11 is 6.07. The zero-order valence-corrected chi connectivity index (χ0v) is 16.5. The van der Waals surface area contributed by atoms with E-state index in [2.05, 4.69) is 5.32 Å². The molecule has 0 saturated carbocycles. The van der Waals surface area contributed by atoms with Gasteiger partial charge in [0.15, 0.2) is 0 Å². The predicted molar refractivity (Wildman–Crippen MR) is 112 cm³/mol. The summed E-state index contributed by atoms with van der Waals surface area (Å²) in [7, 11) is 0.